The summed E-state index contributed by atoms with van der Waals surface area (Å²) in [5, 5.41) is 0. The third-order valence-corrected chi connectivity index (χ3v) is 2.95. The van der Waals surface area contributed by atoms with Gasteiger partial charge in [0.1, 0.15) is 0 Å². The maximum absolute atomic E-state index is 12.2. The van der Waals surface area contributed by atoms with Crippen LogP contribution in [-0.4, -0.2) is 23.9 Å². The molecule has 0 saturated carbocycles. The number of aromatic nitrogens is 1. The lowest BCUT2D eigenvalue weighted by atomic mass is 10.2. The molecule has 0 atom stereocenters. The second-order valence-electron chi connectivity index (χ2n) is 3.18. The number of ether oxygens (including phenoxy) is 2. The van der Waals surface area contributed by atoms with Crippen molar-refractivity contribution in [3.05, 3.63) is 20.9 Å². The molecule has 0 radical (unpaired) electrons. The van der Waals surface area contributed by atoms with Crippen LogP contribution >= 0.6 is 34.2 Å². The first kappa shape index (κ1) is 16.3. The van der Waals surface area contributed by atoms with Gasteiger partial charge in [-0.25, -0.2) is 9.78 Å². The standard InChI is InChI=1S/C10H8ClF3INO3/c1-2-18-9(17)7-6(15)3-5(4-11)8(16-7)19-10(12,13)14/h3H,2,4H2,1H3. The molecule has 0 N–H and O–H groups in total. The zero-order valence-corrected chi connectivity index (χ0v) is 12.5. The van der Waals surface area contributed by atoms with E-state index in [2.05, 4.69) is 9.72 Å². The number of pyridine rings is 1. The molecule has 19 heavy (non-hydrogen) atoms. The Kier molecular flexibility index (Phi) is 5.65. The summed E-state index contributed by atoms with van der Waals surface area (Å²) < 4.78 is 45.4. The molecule has 1 heterocycles. The molecule has 9 heteroatoms. The Morgan fingerprint density at radius 3 is 2.63 bits per heavy atom. The first-order valence-corrected chi connectivity index (χ1v) is 6.58. The number of rotatable bonds is 4. The molecule has 0 spiro atoms. The molecule has 0 fully saturated rings. The van der Waals surface area contributed by atoms with Gasteiger partial charge in [-0.15, -0.1) is 24.8 Å². The molecule has 1 rings (SSSR count). The number of hydrogen-bond acceptors (Lipinski definition) is 4. The topological polar surface area (TPSA) is 48.4 Å². The van der Waals surface area contributed by atoms with Crippen LogP contribution in [-0.2, 0) is 10.6 Å². The Labute approximate surface area is 125 Å². The molecule has 0 aliphatic rings. The van der Waals surface area contributed by atoms with E-state index < -0.39 is 18.2 Å². The number of halogens is 5. The molecule has 4 nitrogen and oxygen atoms in total. The van der Waals surface area contributed by atoms with E-state index in [4.69, 9.17) is 16.3 Å². The number of carbonyl (C=O) groups excluding carboxylic acids is 1. The molecule has 0 unspecified atom stereocenters. The summed E-state index contributed by atoms with van der Waals surface area (Å²) in [4.78, 5) is 15.1. The molecule has 1 aromatic heterocycles. The normalized spacial score (nSPS) is 11.3. The zero-order chi connectivity index (χ0) is 14.6. The summed E-state index contributed by atoms with van der Waals surface area (Å²) in [5.74, 6) is -1.79. The van der Waals surface area contributed by atoms with Gasteiger partial charge in [-0.3, -0.25) is 0 Å². The Hall–Kier alpha value is -0.770. The van der Waals surface area contributed by atoms with Crippen LogP contribution in [0.4, 0.5) is 13.2 Å². The van der Waals surface area contributed by atoms with Gasteiger partial charge >= 0.3 is 12.3 Å². The summed E-state index contributed by atoms with van der Waals surface area (Å²) in [6.07, 6.45) is -4.91. The Morgan fingerprint density at radius 1 is 1.53 bits per heavy atom. The SMILES string of the molecule is CCOC(=O)c1nc(OC(F)(F)F)c(CCl)cc1I. The van der Waals surface area contributed by atoms with Gasteiger partial charge in [0.25, 0.3) is 0 Å². The maximum atomic E-state index is 12.2. The van der Waals surface area contributed by atoms with Crippen LogP contribution in [0.3, 0.4) is 0 Å². The molecule has 0 aromatic carbocycles. The molecular formula is C10H8ClF3INO3. The number of hydrogen-bond donors (Lipinski definition) is 0. The third kappa shape index (κ3) is 4.68. The monoisotopic (exact) mass is 409 g/mol. The molecular weight excluding hydrogens is 401 g/mol. The molecule has 0 bridgehead atoms. The second kappa shape index (κ2) is 6.60. The summed E-state index contributed by atoms with van der Waals surface area (Å²) in [7, 11) is 0. The van der Waals surface area contributed by atoms with E-state index in [0.29, 0.717) is 3.57 Å². The van der Waals surface area contributed by atoms with E-state index in [9.17, 15) is 18.0 Å². The maximum Gasteiger partial charge on any atom is 0.574 e. The fraction of sp³-hybridized carbons (Fsp3) is 0.400. The highest BCUT2D eigenvalue weighted by atomic mass is 127. The number of nitrogens with zero attached hydrogens (tertiary/aromatic N) is 1. The number of carbonyl (C=O) groups is 1. The van der Waals surface area contributed by atoms with Crippen molar-refractivity contribution < 1.29 is 27.4 Å². The highest BCUT2D eigenvalue weighted by Crippen LogP contribution is 2.28. The van der Waals surface area contributed by atoms with Crippen molar-refractivity contribution in [1.82, 2.24) is 4.98 Å². The molecule has 0 saturated heterocycles. The van der Waals surface area contributed by atoms with E-state index in [-0.39, 0.29) is 23.7 Å². The molecule has 0 aliphatic carbocycles. The predicted octanol–water partition coefficient (Wildman–Crippen LogP) is 3.50. The van der Waals surface area contributed by atoms with Gasteiger partial charge in [-0.1, -0.05) is 0 Å². The largest absolute Gasteiger partial charge is 0.574 e. The van der Waals surface area contributed by atoms with Crippen molar-refractivity contribution in [2.75, 3.05) is 6.61 Å². The van der Waals surface area contributed by atoms with Crippen LogP contribution in [0.5, 0.6) is 5.88 Å². The van der Waals surface area contributed by atoms with E-state index >= 15 is 0 Å². The fourth-order valence-electron chi connectivity index (χ4n) is 1.15. The van der Waals surface area contributed by atoms with Crippen LogP contribution in [0.2, 0.25) is 0 Å². The third-order valence-electron chi connectivity index (χ3n) is 1.84. The molecule has 0 aliphatic heterocycles. The van der Waals surface area contributed by atoms with Crippen molar-refractivity contribution in [3.63, 3.8) is 0 Å². The van der Waals surface area contributed by atoms with E-state index in [1.165, 1.54) is 6.07 Å². The quantitative estimate of drug-likeness (QED) is 0.434. The minimum atomic E-state index is -4.91. The van der Waals surface area contributed by atoms with Crippen LogP contribution in [0.25, 0.3) is 0 Å². The molecule has 106 valence electrons. The van der Waals surface area contributed by atoms with Crippen molar-refractivity contribution in [1.29, 1.82) is 0 Å². The minimum absolute atomic E-state index is 0.0384. The Morgan fingerprint density at radius 2 is 2.16 bits per heavy atom. The summed E-state index contributed by atoms with van der Waals surface area (Å²) in [6.45, 7) is 1.66. The summed E-state index contributed by atoms with van der Waals surface area (Å²) in [6, 6.07) is 1.30. The Bertz CT molecular complexity index is 482. The number of alkyl halides is 4. The molecule has 1 aromatic rings. The van der Waals surface area contributed by atoms with Gasteiger partial charge in [0, 0.05) is 9.13 Å². The lowest BCUT2D eigenvalue weighted by Gasteiger charge is -2.13. The first-order valence-electron chi connectivity index (χ1n) is 4.96. The van der Waals surface area contributed by atoms with Crippen molar-refractivity contribution >= 4 is 40.2 Å². The lowest BCUT2D eigenvalue weighted by Crippen LogP contribution is -2.20. The van der Waals surface area contributed by atoms with Gasteiger partial charge in [-0.05, 0) is 35.6 Å². The first-order chi connectivity index (χ1) is 8.78. The van der Waals surface area contributed by atoms with Crippen molar-refractivity contribution in [3.8, 4) is 5.88 Å². The average molecular weight is 410 g/mol. The van der Waals surface area contributed by atoms with Crippen LogP contribution < -0.4 is 4.74 Å². The minimum Gasteiger partial charge on any atom is -0.461 e. The van der Waals surface area contributed by atoms with Crippen molar-refractivity contribution in [2.45, 2.75) is 19.2 Å². The van der Waals surface area contributed by atoms with Gasteiger partial charge < -0.3 is 9.47 Å². The van der Waals surface area contributed by atoms with E-state index in [0.717, 1.165) is 0 Å². The van der Waals surface area contributed by atoms with Gasteiger partial charge in [-0.2, -0.15) is 0 Å². The zero-order valence-electron chi connectivity index (χ0n) is 9.55. The average Bonchev–Trinajstić information content (AvgIpc) is 2.29. The van der Waals surface area contributed by atoms with Crippen molar-refractivity contribution in [2.24, 2.45) is 0 Å². The smallest absolute Gasteiger partial charge is 0.461 e. The Balaban J connectivity index is 3.21. The fourth-order valence-corrected chi connectivity index (χ4v) is 2.05. The summed E-state index contributed by atoms with van der Waals surface area (Å²) in [5.41, 5.74) is -0.202. The van der Waals surface area contributed by atoms with Crippen LogP contribution in [0, 0.1) is 3.57 Å². The van der Waals surface area contributed by atoms with Crippen LogP contribution in [0.1, 0.15) is 23.0 Å². The predicted molar refractivity (Wildman–Crippen MR) is 69.2 cm³/mol. The summed E-state index contributed by atoms with van der Waals surface area (Å²) >= 11 is 7.28. The van der Waals surface area contributed by atoms with Gasteiger partial charge in [0.15, 0.2) is 5.69 Å². The van der Waals surface area contributed by atoms with E-state index in [1.807, 2.05) is 0 Å². The highest BCUT2D eigenvalue weighted by molar-refractivity contribution is 14.1. The highest BCUT2D eigenvalue weighted by Gasteiger charge is 2.33. The van der Waals surface area contributed by atoms with Gasteiger partial charge in [0.2, 0.25) is 5.88 Å². The second-order valence-corrected chi connectivity index (χ2v) is 4.61. The van der Waals surface area contributed by atoms with E-state index in [1.54, 1.807) is 29.5 Å². The molecule has 0 amide bonds. The van der Waals surface area contributed by atoms with Gasteiger partial charge in [0.05, 0.1) is 12.5 Å². The number of esters is 1. The van der Waals surface area contributed by atoms with Crippen LogP contribution in [0.15, 0.2) is 6.07 Å². The lowest BCUT2D eigenvalue weighted by molar-refractivity contribution is -0.276.